The summed E-state index contributed by atoms with van der Waals surface area (Å²) in [4.78, 5) is 19.3. The maximum atomic E-state index is 9.82. The standard InChI is InChI=1S/C4H8O2.C2H2Cl2O/c1-3-6-4(2)5;3-1-2(4)5/h3H2,1-2H3;1H2. The van der Waals surface area contributed by atoms with Gasteiger partial charge >= 0.3 is 5.97 Å². The molecule has 3 nitrogen and oxygen atoms in total. The molecule has 0 rings (SSSR count). The summed E-state index contributed by atoms with van der Waals surface area (Å²) in [6.07, 6.45) is 0. The van der Waals surface area contributed by atoms with Crippen LogP contribution in [0, 0.1) is 0 Å². The second kappa shape index (κ2) is 9.72. The zero-order chi connectivity index (χ0) is 9.28. The van der Waals surface area contributed by atoms with Crippen molar-refractivity contribution in [3.8, 4) is 0 Å². The second-order valence-corrected chi connectivity index (χ2v) is 2.10. The number of rotatable bonds is 2. The van der Waals surface area contributed by atoms with Crippen molar-refractivity contribution in [2.75, 3.05) is 12.5 Å². The lowest BCUT2D eigenvalue weighted by molar-refractivity contribution is -0.140. The van der Waals surface area contributed by atoms with Gasteiger partial charge in [0, 0.05) is 6.92 Å². The number of carbonyl (C=O) groups is 2. The Hall–Kier alpha value is -0.280. The number of hydrogen-bond donors (Lipinski definition) is 0. The number of ether oxygens (including phenoxy) is 1. The van der Waals surface area contributed by atoms with E-state index in [9.17, 15) is 9.59 Å². The Labute approximate surface area is 75.6 Å². The van der Waals surface area contributed by atoms with Gasteiger partial charge in [0.05, 0.1) is 12.5 Å². The fourth-order valence-electron chi connectivity index (χ4n) is 0.203. The van der Waals surface area contributed by atoms with Gasteiger partial charge in [-0.1, -0.05) is 0 Å². The van der Waals surface area contributed by atoms with Crippen molar-refractivity contribution in [2.24, 2.45) is 0 Å². The number of carbonyl (C=O) groups excluding carboxylic acids is 2. The second-order valence-electron chi connectivity index (χ2n) is 1.41. The lowest BCUT2D eigenvalue weighted by atomic mass is 10.8. The van der Waals surface area contributed by atoms with Crippen LogP contribution in [0.1, 0.15) is 13.8 Å². The average Bonchev–Trinajstić information content (AvgIpc) is 1.89. The molecule has 0 aliphatic rings. The summed E-state index contributed by atoms with van der Waals surface area (Å²) in [5, 5.41) is -0.508. The van der Waals surface area contributed by atoms with Gasteiger partial charge in [0.2, 0.25) is 5.24 Å². The van der Waals surface area contributed by atoms with Crippen LogP contribution in [-0.4, -0.2) is 23.7 Å². The molecule has 0 fully saturated rings. The highest BCUT2D eigenvalue weighted by molar-refractivity contribution is 6.67. The fraction of sp³-hybridized carbons (Fsp3) is 0.667. The summed E-state index contributed by atoms with van der Waals surface area (Å²) >= 11 is 9.55. The molecular weight excluding hydrogens is 191 g/mol. The van der Waals surface area contributed by atoms with Gasteiger partial charge in [-0.25, -0.2) is 0 Å². The van der Waals surface area contributed by atoms with E-state index in [1.165, 1.54) is 6.92 Å². The Morgan fingerprint density at radius 3 is 1.82 bits per heavy atom. The molecule has 0 spiro atoms. The zero-order valence-electron chi connectivity index (χ0n) is 6.39. The fourth-order valence-corrected chi connectivity index (χ4v) is 0.203. The summed E-state index contributed by atoms with van der Waals surface area (Å²) in [7, 11) is 0. The van der Waals surface area contributed by atoms with Crippen molar-refractivity contribution < 1.29 is 14.3 Å². The predicted molar refractivity (Wildman–Crippen MR) is 43.9 cm³/mol. The minimum Gasteiger partial charge on any atom is -0.466 e. The Morgan fingerprint density at radius 1 is 1.45 bits per heavy atom. The van der Waals surface area contributed by atoms with Crippen LogP contribution in [-0.2, 0) is 14.3 Å². The largest absolute Gasteiger partial charge is 0.466 e. The Balaban J connectivity index is 0. The van der Waals surface area contributed by atoms with Crippen LogP contribution < -0.4 is 0 Å². The summed E-state index contributed by atoms with van der Waals surface area (Å²) in [6.45, 7) is 3.65. The molecule has 5 heteroatoms. The van der Waals surface area contributed by atoms with Crippen LogP contribution in [0.2, 0.25) is 0 Å². The monoisotopic (exact) mass is 200 g/mol. The first-order valence-electron chi connectivity index (χ1n) is 2.92. The molecule has 0 atom stereocenters. The van der Waals surface area contributed by atoms with Gasteiger partial charge in [-0.2, -0.15) is 0 Å². The molecule has 11 heavy (non-hydrogen) atoms. The summed E-state index contributed by atoms with van der Waals surface area (Å²) in [6, 6.07) is 0. The molecule has 66 valence electrons. The van der Waals surface area contributed by atoms with E-state index in [1.807, 2.05) is 0 Å². The van der Waals surface area contributed by atoms with Gasteiger partial charge in [0.15, 0.2) is 0 Å². The van der Waals surface area contributed by atoms with Crippen molar-refractivity contribution in [1.29, 1.82) is 0 Å². The lowest BCUT2D eigenvalue weighted by Crippen LogP contribution is -1.95. The summed E-state index contributed by atoms with van der Waals surface area (Å²) in [5.74, 6) is -0.306. The predicted octanol–water partition coefficient (Wildman–Crippen LogP) is 1.56. The van der Waals surface area contributed by atoms with E-state index < -0.39 is 5.24 Å². The van der Waals surface area contributed by atoms with Gasteiger partial charge in [-0.05, 0) is 18.5 Å². The van der Waals surface area contributed by atoms with E-state index >= 15 is 0 Å². The van der Waals surface area contributed by atoms with Crippen LogP contribution in [0.5, 0.6) is 0 Å². The number of esters is 1. The minimum absolute atomic E-state index is 0.0957. The first-order chi connectivity index (χ1) is 5.04. The van der Waals surface area contributed by atoms with E-state index in [4.69, 9.17) is 23.2 Å². The Morgan fingerprint density at radius 2 is 1.82 bits per heavy atom. The molecule has 0 aliphatic heterocycles. The summed E-state index contributed by atoms with van der Waals surface area (Å²) < 4.78 is 4.40. The first kappa shape index (κ1) is 13.3. The molecule has 0 radical (unpaired) electrons. The van der Waals surface area contributed by atoms with Gasteiger partial charge in [0.1, 0.15) is 0 Å². The smallest absolute Gasteiger partial charge is 0.302 e. The number of alkyl halides is 1. The van der Waals surface area contributed by atoms with E-state index in [2.05, 4.69) is 4.74 Å². The third-order valence-corrected chi connectivity index (χ3v) is 0.966. The molecule has 0 bridgehead atoms. The Kier molecular flexibility index (Phi) is 11.8. The van der Waals surface area contributed by atoms with Crippen molar-refractivity contribution >= 4 is 34.4 Å². The topological polar surface area (TPSA) is 43.4 Å². The molecular formula is C6H10Cl2O3. The molecule has 0 unspecified atom stereocenters. The molecule has 0 N–H and O–H groups in total. The van der Waals surface area contributed by atoms with Crippen molar-refractivity contribution in [2.45, 2.75) is 13.8 Å². The summed E-state index contributed by atoms with van der Waals surface area (Å²) in [5.41, 5.74) is 0. The average molecular weight is 201 g/mol. The van der Waals surface area contributed by atoms with Crippen LogP contribution in [0.25, 0.3) is 0 Å². The van der Waals surface area contributed by atoms with Gasteiger partial charge in [-0.3, -0.25) is 9.59 Å². The minimum atomic E-state index is -0.508. The van der Waals surface area contributed by atoms with Gasteiger partial charge in [0.25, 0.3) is 0 Å². The molecule has 0 aromatic carbocycles. The van der Waals surface area contributed by atoms with Crippen LogP contribution in [0.4, 0.5) is 0 Å². The molecule has 0 aromatic rings. The molecule has 0 saturated heterocycles. The molecule has 0 saturated carbocycles. The zero-order valence-corrected chi connectivity index (χ0v) is 7.91. The third kappa shape index (κ3) is 26.0. The van der Waals surface area contributed by atoms with E-state index in [0.29, 0.717) is 6.61 Å². The van der Waals surface area contributed by atoms with E-state index in [-0.39, 0.29) is 11.8 Å². The highest BCUT2D eigenvalue weighted by atomic mass is 35.5. The molecule has 0 heterocycles. The van der Waals surface area contributed by atoms with Crippen molar-refractivity contribution in [3.05, 3.63) is 0 Å². The molecule has 0 aromatic heterocycles. The maximum Gasteiger partial charge on any atom is 0.302 e. The Bertz CT molecular complexity index is 125. The van der Waals surface area contributed by atoms with Crippen molar-refractivity contribution in [3.63, 3.8) is 0 Å². The maximum absolute atomic E-state index is 9.82. The first-order valence-corrected chi connectivity index (χ1v) is 3.83. The van der Waals surface area contributed by atoms with Crippen LogP contribution in [0.15, 0.2) is 0 Å². The van der Waals surface area contributed by atoms with Crippen LogP contribution in [0.3, 0.4) is 0 Å². The number of halogens is 2. The van der Waals surface area contributed by atoms with Crippen molar-refractivity contribution in [1.82, 2.24) is 0 Å². The molecule has 0 amide bonds. The van der Waals surface area contributed by atoms with Gasteiger partial charge in [-0.15, -0.1) is 11.6 Å². The third-order valence-electron chi connectivity index (χ3n) is 0.453. The highest BCUT2D eigenvalue weighted by Crippen LogP contribution is 1.80. The SMILES string of the molecule is CCOC(C)=O.O=C(Cl)CCl. The van der Waals surface area contributed by atoms with Gasteiger partial charge < -0.3 is 4.74 Å². The quantitative estimate of drug-likeness (QED) is 0.386. The lowest BCUT2D eigenvalue weighted by Gasteiger charge is -1.89. The molecule has 0 aliphatic carbocycles. The van der Waals surface area contributed by atoms with E-state index in [1.54, 1.807) is 6.92 Å². The number of hydrogen-bond acceptors (Lipinski definition) is 3. The van der Waals surface area contributed by atoms with E-state index in [0.717, 1.165) is 0 Å². The van der Waals surface area contributed by atoms with Crippen LogP contribution >= 0.6 is 23.2 Å². The highest BCUT2D eigenvalue weighted by Gasteiger charge is 1.83. The normalized spacial score (nSPS) is 7.64.